The molecule has 18 heavy (non-hydrogen) atoms. The minimum absolute atomic E-state index is 0.125. The van der Waals surface area contributed by atoms with E-state index in [0.717, 1.165) is 10.0 Å². The summed E-state index contributed by atoms with van der Waals surface area (Å²) >= 11 is 3.49. The predicted molar refractivity (Wildman–Crippen MR) is 71.9 cm³/mol. The number of likely N-dealkylation sites (N-methyl/N-ethyl adjacent to an activating group) is 1. The highest BCUT2D eigenvalue weighted by Crippen LogP contribution is 2.19. The molecule has 1 atom stereocenters. The average molecular weight is 311 g/mol. The molecule has 4 nitrogen and oxygen atoms in total. The van der Waals surface area contributed by atoms with Crippen molar-refractivity contribution in [1.29, 1.82) is 0 Å². The summed E-state index contributed by atoms with van der Waals surface area (Å²) in [6, 6.07) is 5.67. The Kier molecular flexibility index (Phi) is 3.82. The van der Waals surface area contributed by atoms with Crippen LogP contribution >= 0.6 is 15.9 Å². The number of benzene rings is 1. The summed E-state index contributed by atoms with van der Waals surface area (Å²) in [5, 5.41) is 3.13. The van der Waals surface area contributed by atoms with Crippen molar-refractivity contribution < 1.29 is 9.59 Å². The van der Waals surface area contributed by atoms with E-state index in [9.17, 15) is 9.59 Å². The molecule has 96 valence electrons. The Morgan fingerprint density at radius 1 is 1.44 bits per heavy atom. The van der Waals surface area contributed by atoms with Crippen LogP contribution in [-0.4, -0.2) is 29.8 Å². The van der Waals surface area contributed by atoms with Crippen LogP contribution in [0, 0.1) is 6.92 Å². The van der Waals surface area contributed by atoms with Gasteiger partial charge in [0.15, 0.2) is 0 Å². The zero-order chi connectivity index (χ0) is 13.3. The van der Waals surface area contributed by atoms with Crippen LogP contribution in [0.3, 0.4) is 0 Å². The zero-order valence-corrected chi connectivity index (χ0v) is 12.0. The summed E-state index contributed by atoms with van der Waals surface area (Å²) in [4.78, 5) is 24.3. The van der Waals surface area contributed by atoms with Gasteiger partial charge < -0.3 is 5.32 Å². The van der Waals surface area contributed by atoms with Crippen molar-refractivity contribution in [2.45, 2.75) is 25.9 Å². The maximum Gasteiger partial charge on any atom is 0.246 e. The summed E-state index contributed by atoms with van der Waals surface area (Å²) in [6.07, 6.45) is 0.249. The number of amides is 2. The van der Waals surface area contributed by atoms with Gasteiger partial charge in [-0.05, 0) is 24.1 Å². The molecule has 1 heterocycles. The lowest BCUT2D eigenvalue weighted by molar-refractivity contribution is -0.137. The SMILES string of the molecule is Cc1ccc(CNC2CC(=O)N(C)C2=O)c(Br)c1. The van der Waals surface area contributed by atoms with E-state index in [4.69, 9.17) is 0 Å². The average Bonchev–Trinajstić information content (AvgIpc) is 2.56. The lowest BCUT2D eigenvalue weighted by atomic mass is 10.1. The number of aryl methyl sites for hydroxylation is 1. The normalized spacial score (nSPS) is 19.7. The molecule has 1 aliphatic heterocycles. The fourth-order valence-corrected chi connectivity index (χ4v) is 2.58. The Bertz CT molecular complexity index is 502. The summed E-state index contributed by atoms with van der Waals surface area (Å²) in [5.74, 6) is -0.274. The van der Waals surface area contributed by atoms with Gasteiger partial charge in [-0.3, -0.25) is 14.5 Å². The molecule has 0 aromatic heterocycles. The van der Waals surface area contributed by atoms with Gasteiger partial charge in [0.05, 0.1) is 12.5 Å². The molecule has 0 bridgehead atoms. The molecule has 1 aromatic rings. The summed E-state index contributed by atoms with van der Waals surface area (Å²) in [7, 11) is 1.52. The summed E-state index contributed by atoms with van der Waals surface area (Å²) in [5.41, 5.74) is 2.26. The molecule has 0 aliphatic carbocycles. The quantitative estimate of drug-likeness (QED) is 0.863. The molecule has 1 fully saturated rings. The van der Waals surface area contributed by atoms with Crippen LogP contribution in [0.5, 0.6) is 0 Å². The number of likely N-dealkylation sites (tertiary alicyclic amines) is 1. The van der Waals surface area contributed by atoms with Crippen LogP contribution in [0.4, 0.5) is 0 Å². The topological polar surface area (TPSA) is 49.4 Å². The van der Waals surface area contributed by atoms with E-state index >= 15 is 0 Å². The van der Waals surface area contributed by atoms with Crippen molar-refractivity contribution in [1.82, 2.24) is 10.2 Å². The molecular weight excluding hydrogens is 296 g/mol. The van der Waals surface area contributed by atoms with Gasteiger partial charge >= 0.3 is 0 Å². The molecule has 1 saturated heterocycles. The third kappa shape index (κ3) is 2.62. The van der Waals surface area contributed by atoms with Crippen LogP contribution in [0.2, 0.25) is 0 Å². The number of carbonyl (C=O) groups excluding carboxylic acids is 2. The highest BCUT2D eigenvalue weighted by Gasteiger charge is 2.35. The number of hydrogen-bond donors (Lipinski definition) is 1. The highest BCUT2D eigenvalue weighted by atomic mass is 79.9. The minimum atomic E-state index is -0.393. The number of rotatable bonds is 3. The van der Waals surface area contributed by atoms with Gasteiger partial charge in [0.2, 0.25) is 11.8 Å². The summed E-state index contributed by atoms with van der Waals surface area (Å²) < 4.78 is 1.01. The van der Waals surface area contributed by atoms with Crippen molar-refractivity contribution in [2.24, 2.45) is 0 Å². The van der Waals surface area contributed by atoms with Crippen LogP contribution in [0.1, 0.15) is 17.5 Å². The van der Waals surface area contributed by atoms with Crippen LogP contribution < -0.4 is 5.32 Å². The maximum absolute atomic E-state index is 11.7. The minimum Gasteiger partial charge on any atom is -0.301 e. The predicted octanol–water partition coefficient (Wildman–Crippen LogP) is 1.60. The van der Waals surface area contributed by atoms with E-state index in [1.54, 1.807) is 0 Å². The Balaban J connectivity index is 2.00. The lowest BCUT2D eigenvalue weighted by Gasteiger charge is -2.12. The van der Waals surface area contributed by atoms with E-state index in [2.05, 4.69) is 21.2 Å². The molecule has 2 amide bonds. The van der Waals surface area contributed by atoms with E-state index in [1.165, 1.54) is 17.5 Å². The van der Waals surface area contributed by atoms with Gasteiger partial charge in [0.25, 0.3) is 0 Å². The van der Waals surface area contributed by atoms with Crippen LogP contribution in [0.15, 0.2) is 22.7 Å². The smallest absolute Gasteiger partial charge is 0.246 e. The standard InChI is InChI=1S/C13H15BrN2O2/c1-8-3-4-9(10(14)5-8)7-15-11-6-12(17)16(2)13(11)18/h3-5,11,15H,6-7H2,1-2H3. The monoisotopic (exact) mass is 310 g/mol. The van der Waals surface area contributed by atoms with E-state index in [-0.39, 0.29) is 18.2 Å². The van der Waals surface area contributed by atoms with Crippen LogP contribution in [-0.2, 0) is 16.1 Å². The molecule has 1 aliphatic rings. The number of carbonyl (C=O) groups is 2. The Hall–Kier alpha value is -1.20. The van der Waals surface area contributed by atoms with Gasteiger partial charge in [0.1, 0.15) is 0 Å². The highest BCUT2D eigenvalue weighted by molar-refractivity contribution is 9.10. The fraction of sp³-hybridized carbons (Fsp3) is 0.385. The Morgan fingerprint density at radius 3 is 2.72 bits per heavy atom. The molecule has 0 spiro atoms. The zero-order valence-electron chi connectivity index (χ0n) is 10.4. The lowest BCUT2D eigenvalue weighted by Crippen LogP contribution is -2.36. The second-order valence-electron chi connectivity index (χ2n) is 4.52. The van der Waals surface area contributed by atoms with Crippen molar-refractivity contribution in [3.63, 3.8) is 0 Å². The largest absolute Gasteiger partial charge is 0.301 e. The Labute approximate surface area is 114 Å². The maximum atomic E-state index is 11.7. The second kappa shape index (κ2) is 5.20. The van der Waals surface area contributed by atoms with Crippen molar-refractivity contribution in [3.05, 3.63) is 33.8 Å². The first-order valence-corrected chi connectivity index (χ1v) is 6.57. The molecule has 1 N–H and O–H groups in total. The van der Waals surface area contributed by atoms with Crippen molar-refractivity contribution in [2.75, 3.05) is 7.05 Å². The van der Waals surface area contributed by atoms with Gasteiger partial charge in [0, 0.05) is 18.1 Å². The third-order valence-electron chi connectivity index (χ3n) is 3.13. The number of halogens is 1. The molecule has 0 radical (unpaired) electrons. The fourth-order valence-electron chi connectivity index (χ4n) is 1.94. The van der Waals surface area contributed by atoms with E-state index < -0.39 is 6.04 Å². The van der Waals surface area contributed by atoms with Gasteiger partial charge in [-0.1, -0.05) is 28.1 Å². The number of hydrogen-bond acceptors (Lipinski definition) is 3. The molecule has 1 unspecified atom stereocenters. The molecule has 5 heteroatoms. The first-order valence-electron chi connectivity index (χ1n) is 5.78. The van der Waals surface area contributed by atoms with E-state index in [0.29, 0.717) is 6.54 Å². The molecular formula is C13H15BrN2O2. The Morgan fingerprint density at radius 2 is 2.17 bits per heavy atom. The van der Waals surface area contributed by atoms with Gasteiger partial charge in [-0.25, -0.2) is 0 Å². The number of nitrogens with one attached hydrogen (secondary N) is 1. The van der Waals surface area contributed by atoms with Gasteiger partial charge in [-0.15, -0.1) is 0 Å². The van der Waals surface area contributed by atoms with Crippen LogP contribution in [0.25, 0.3) is 0 Å². The van der Waals surface area contributed by atoms with Crippen molar-refractivity contribution >= 4 is 27.7 Å². The molecule has 1 aromatic carbocycles. The second-order valence-corrected chi connectivity index (χ2v) is 5.38. The van der Waals surface area contributed by atoms with Crippen molar-refractivity contribution in [3.8, 4) is 0 Å². The van der Waals surface area contributed by atoms with Gasteiger partial charge in [-0.2, -0.15) is 0 Å². The first kappa shape index (κ1) is 13.2. The number of nitrogens with zero attached hydrogens (tertiary/aromatic N) is 1. The number of imide groups is 1. The first-order chi connectivity index (χ1) is 8.49. The summed E-state index contributed by atoms with van der Waals surface area (Å²) in [6.45, 7) is 2.59. The third-order valence-corrected chi connectivity index (χ3v) is 3.87. The molecule has 0 saturated carbocycles. The molecule has 2 rings (SSSR count). The van der Waals surface area contributed by atoms with E-state index in [1.807, 2.05) is 25.1 Å².